The van der Waals surface area contributed by atoms with Crippen LogP contribution in [0, 0.1) is 23.2 Å². The van der Waals surface area contributed by atoms with Gasteiger partial charge in [0.15, 0.2) is 5.78 Å². The predicted molar refractivity (Wildman–Crippen MR) is 99.0 cm³/mol. The molecule has 2 aliphatic heterocycles. The second kappa shape index (κ2) is 5.35. The number of aliphatic hydroxyl groups is 1. The number of likely N-dealkylation sites (tertiary alicyclic amines) is 1. The summed E-state index contributed by atoms with van der Waals surface area (Å²) >= 11 is 0. The van der Waals surface area contributed by atoms with Gasteiger partial charge in [-0.15, -0.1) is 0 Å². The molecule has 6 rings (SSSR count). The van der Waals surface area contributed by atoms with E-state index in [4.69, 9.17) is 9.47 Å². The first-order chi connectivity index (χ1) is 12.9. The molecule has 1 spiro atoms. The molecule has 8 unspecified atom stereocenters. The Morgan fingerprint density at radius 3 is 2.81 bits per heavy atom. The van der Waals surface area contributed by atoms with Crippen molar-refractivity contribution in [1.29, 1.82) is 0 Å². The number of hydrogen-bond donors (Lipinski definition) is 1. The van der Waals surface area contributed by atoms with Crippen LogP contribution in [-0.2, 0) is 14.3 Å². The number of carbonyl (C=O) groups is 1. The molecule has 27 heavy (non-hydrogen) atoms. The van der Waals surface area contributed by atoms with Crippen LogP contribution in [0.1, 0.15) is 51.4 Å². The molecule has 0 aromatic rings. The lowest BCUT2D eigenvalue weighted by Gasteiger charge is -2.68. The van der Waals surface area contributed by atoms with Crippen LogP contribution >= 0.6 is 0 Å². The zero-order valence-electron chi connectivity index (χ0n) is 16.7. The van der Waals surface area contributed by atoms with Crippen molar-refractivity contribution in [3.8, 4) is 0 Å². The summed E-state index contributed by atoms with van der Waals surface area (Å²) in [6, 6.07) is 0.269. The molecule has 0 aromatic heterocycles. The highest BCUT2D eigenvalue weighted by Gasteiger charge is 2.80. The molecule has 0 aromatic carbocycles. The summed E-state index contributed by atoms with van der Waals surface area (Å²) in [5.41, 5.74) is -1.11. The van der Waals surface area contributed by atoms with Crippen LogP contribution in [0.15, 0.2) is 0 Å². The maximum absolute atomic E-state index is 13.0. The summed E-state index contributed by atoms with van der Waals surface area (Å²) < 4.78 is 13.3. The van der Waals surface area contributed by atoms with E-state index >= 15 is 0 Å². The Hall–Kier alpha value is -0.490. The summed E-state index contributed by atoms with van der Waals surface area (Å²) in [6.07, 6.45) is 7.73. The molecule has 2 bridgehead atoms. The van der Waals surface area contributed by atoms with Crippen molar-refractivity contribution >= 4 is 5.78 Å². The third-order valence-corrected chi connectivity index (χ3v) is 9.80. The number of ether oxygens (including phenoxy) is 2. The van der Waals surface area contributed by atoms with Crippen LogP contribution in [0.4, 0.5) is 0 Å². The number of carbonyl (C=O) groups excluding carboxylic acids is 1. The first kappa shape index (κ1) is 17.4. The van der Waals surface area contributed by atoms with Crippen molar-refractivity contribution in [3.63, 3.8) is 0 Å². The number of piperidine rings is 1. The maximum Gasteiger partial charge on any atom is 0.162 e. The Balaban J connectivity index is 1.48. The SMILES string of the molecule is COC1CCC2CC3[C@]4(O)CCC(=O)C5OC1C2C54CC[N+]3(C)CC1CC1. The Bertz CT molecular complexity index is 679. The van der Waals surface area contributed by atoms with Crippen molar-refractivity contribution < 1.29 is 23.9 Å². The first-order valence-corrected chi connectivity index (χ1v) is 11.2. The molecule has 6 aliphatic rings. The molecule has 2 heterocycles. The molecule has 1 N–H and O–H groups in total. The van der Waals surface area contributed by atoms with E-state index in [0.29, 0.717) is 24.7 Å². The standard InChI is InChI=1S/C22H34NO4/c1-23(12-13-3-4-13)10-9-21-18-14-5-6-16(26-2)19(18)27-20(21)15(24)7-8-22(21,25)17(23)11-14/h13-14,16-20,25H,3-12H2,1-2H3/q+1/t14?,16?,17?,18?,19?,20?,21?,22-,23?/m1/s1. The van der Waals surface area contributed by atoms with Crippen molar-refractivity contribution in [2.24, 2.45) is 23.2 Å². The van der Waals surface area contributed by atoms with E-state index in [1.54, 1.807) is 7.11 Å². The fourth-order valence-corrected chi connectivity index (χ4v) is 8.58. The second-order valence-corrected chi connectivity index (χ2v) is 10.9. The van der Waals surface area contributed by atoms with E-state index in [-0.39, 0.29) is 29.4 Å². The Morgan fingerprint density at radius 1 is 1.26 bits per heavy atom. The minimum atomic E-state index is -0.751. The lowest BCUT2D eigenvalue weighted by molar-refractivity contribution is -0.954. The highest BCUT2D eigenvalue weighted by molar-refractivity contribution is 5.86. The van der Waals surface area contributed by atoms with Crippen LogP contribution < -0.4 is 0 Å². The van der Waals surface area contributed by atoms with Gasteiger partial charge < -0.3 is 19.1 Å². The monoisotopic (exact) mass is 376 g/mol. The van der Waals surface area contributed by atoms with Gasteiger partial charge in [0.1, 0.15) is 17.7 Å². The fourth-order valence-electron chi connectivity index (χ4n) is 8.58. The van der Waals surface area contributed by atoms with E-state index in [9.17, 15) is 9.90 Å². The highest BCUT2D eigenvalue weighted by atomic mass is 16.6. The van der Waals surface area contributed by atoms with Gasteiger partial charge >= 0.3 is 0 Å². The van der Waals surface area contributed by atoms with Crippen molar-refractivity contribution in [2.45, 2.75) is 81.3 Å². The topological polar surface area (TPSA) is 55.8 Å². The van der Waals surface area contributed by atoms with Crippen molar-refractivity contribution in [3.05, 3.63) is 0 Å². The van der Waals surface area contributed by atoms with E-state index in [1.165, 1.54) is 19.4 Å². The number of methoxy groups -OCH3 is 1. The molecule has 4 saturated carbocycles. The summed E-state index contributed by atoms with van der Waals surface area (Å²) in [6.45, 7) is 2.30. The summed E-state index contributed by atoms with van der Waals surface area (Å²) in [4.78, 5) is 13.0. The van der Waals surface area contributed by atoms with Gasteiger partial charge in [0, 0.05) is 43.6 Å². The summed E-state index contributed by atoms with van der Waals surface area (Å²) in [5.74, 6) is 1.95. The van der Waals surface area contributed by atoms with Gasteiger partial charge in [-0.1, -0.05) is 0 Å². The third-order valence-electron chi connectivity index (χ3n) is 9.80. The largest absolute Gasteiger partial charge is 0.383 e. The Kier molecular flexibility index (Phi) is 3.44. The van der Waals surface area contributed by atoms with Gasteiger partial charge in [-0.25, -0.2) is 0 Å². The molecule has 0 amide bonds. The van der Waals surface area contributed by atoms with Gasteiger partial charge in [-0.05, 0) is 38.0 Å². The molecule has 6 fully saturated rings. The van der Waals surface area contributed by atoms with Crippen molar-refractivity contribution in [2.75, 3.05) is 27.2 Å². The van der Waals surface area contributed by atoms with E-state index in [1.807, 2.05) is 0 Å². The molecule has 5 heteroatoms. The molecule has 9 atom stereocenters. The third kappa shape index (κ3) is 1.97. The molecule has 4 aliphatic carbocycles. The number of rotatable bonds is 3. The van der Waals surface area contributed by atoms with E-state index in [2.05, 4.69) is 7.05 Å². The molecule has 2 saturated heterocycles. The number of quaternary nitrogens is 1. The number of ketones is 1. The fraction of sp³-hybridized carbons (Fsp3) is 0.955. The maximum atomic E-state index is 13.0. The minimum Gasteiger partial charge on any atom is -0.383 e. The van der Waals surface area contributed by atoms with Crippen molar-refractivity contribution in [1.82, 2.24) is 0 Å². The predicted octanol–water partition coefficient (Wildman–Crippen LogP) is 1.91. The number of likely N-dealkylation sites (N-methyl/N-ethyl adjacent to an activating group) is 1. The zero-order chi connectivity index (χ0) is 18.6. The zero-order valence-corrected chi connectivity index (χ0v) is 16.7. The van der Waals surface area contributed by atoms with Crippen LogP contribution in [0.5, 0.6) is 0 Å². The molecule has 5 nitrogen and oxygen atoms in total. The van der Waals surface area contributed by atoms with Gasteiger partial charge in [0.2, 0.25) is 0 Å². The molecule has 0 radical (unpaired) electrons. The lowest BCUT2D eigenvalue weighted by Crippen LogP contribution is -2.81. The Morgan fingerprint density at radius 2 is 2.07 bits per heavy atom. The minimum absolute atomic E-state index is 0.00596. The van der Waals surface area contributed by atoms with Crippen LogP contribution in [0.3, 0.4) is 0 Å². The average Bonchev–Trinajstić information content (AvgIpc) is 3.37. The summed E-state index contributed by atoms with van der Waals surface area (Å²) in [7, 11) is 4.17. The van der Waals surface area contributed by atoms with Crippen LogP contribution in [0.2, 0.25) is 0 Å². The van der Waals surface area contributed by atoms with Gasteiger partial charge in [0.25, 0.3) is 0 Å². The normalized spacial score (nSPS) is 58.9. The number of nitrogens with zero attached hydrogens (tertiary/aromatic N) is 1. The molecular weight excluding hydrogens is 342 g/mol. The van der Waals surface area contributed by atoms with Crippen LogP contribution in [0.25, 0.3) is 0 Å². The van der Waals surface area contributed by atoms with Crippen LogP contribution in [-0.4, -0.2) is 72.6 Å². The molecular formula is C22H34NO4+. The van der Waals surface area contributed by atoms with Gasteiger partial charge in [0.05, 0.1) is 32.3 Å². The molecule has 150 valence electrons. The number of hydrogen-bond acceptors (Lipinski definition) is 4. The van der Waals surface area contributed by atoms with E-state index < -0.39 is 11.7 Å². The number of Topliss-reactive ketones (excluding diaryl/α,β-unsaturated/α-hetero) is 1. The average molecular weight is 377 g/mol. The Labute approximate surface area is 162 Å². The quantitative estimate of drug-likeness (QED) is 0.765. The second-order valence-electron chi connectivity index (χ2n) is 10.9. The van der Waals surface area contributed by atoms with E-state index in [0.717, 1.165) is 42.6 Å². The lowest BCUT2D eigenvalue weighted by atomic mass is 9.42. The smallest absolute Gasteiger partial charge is 0.162 e. The highest BCUT2D eigenvalue weighted by Crippen LogP contribution is 2.70. The van der Waals surface area contributed by atoms with Gasteiger partial charge in [-0.2, -0.15) is 0 Å². The van der Waals surface area contributed by atoms with Gasteiger partial charge in [-0.3, -0.25) is 4.79 Å². The first-order valence-electron chi connectivity index (χ1n) is 11.2. The summed E-state index contributed by atoms with van der Waals surface area (Å²) in [5, 5.41) is 12.4.